The molecular weight excluding hydrogens is 131 g/mol. The second kappa shape index (κ2) is 2.25. The molecule has 0 aromatic carbocycles. The second-order valence-corrected chi connectivity index (χ2v) is 2.25. The topological polar surface area (TPSA) is 38.9 Å². The summed E-state index contributed by atoms with van der Waals surface area (Å²) >= 11 is 0. The van der Waals surface area contributed by atoms with Crippen LogP contribution in [0.5, 0.6) is 0 Å². The fourth-order valence-electron chi connectivity index (χ4n) is 0.843. The van der Waals surface area contributed by atoms with Crippen molar-refractivity contribution < 1.29 is 4.39 Å². The molecule has 0 unspecified atom stereocenters. The van der Waals surface area contributed by atoms with Crippen molar-refractivity contribution in [3.05, 3.63) is 23.3 Å². The first kappa shape index (κ1) is 6.99. The highest BCUT2D eigenvalue weighted by Gasteiger charge is 2.02. The number of aromatic nitrogens is 1. The molecule has 10 heavy (non-hydrogen) atoms. The van der Waals surface area contributed by atoms with Crippen LogP contribution in [0.3, 0.4) is 0 Å². The van der Waals surface area contributed by atoms with Gasteiger partial charge in [0.2, 0.25) is 0 Å². The maximum atomic E-state index is 12.7. The molecule has 1 aromatic rings. The first-order chi connectivity index (χ1) is 4.61. The number of nitrogens with two attached hydrogens (primary N) is 1. The largest absolute Gasteiger partial charge is 0.396 e. The molecule has 54 valence electrons. The Balaban J connectivity index is 3.31. The quantitative estimate of drug-likeness (QED) is 0.591. The number of rotatable bonds is 0. The molecule has 0 aliphatic carbocycles. The molecule has 0 radical (unpaired) electrons. The highest BCUT2D eigenvalue weighted by Crippen LogP contribution is 2.12. The highest BCUT2D eigenvalue weighted by molar-refractivity contribution is 5.41. The SMILES string of the molecule is Cc1cc(N)c(F)c(C)n1. The number of hydrogen-bond donors (Lipinski definition) is 1. The third-order valence-electron chi connectivity index (χ3n) is 1.28. The minimum Gasteiger partial charge on any atom is -0.396 e. The first-order valence-electron chi connectivity index (χ1n) is 3.00. The number of pyridine rings is 1. The van der Waals surface area contributed by atoms with Gasteiger partial charge in [-0.05, 0) is 19.9 Å². The standard InChI is InChI=1S/C7H9FN2/c1-4-3-6(9)7(8)5(2)10-4/h3H,1-2H3,(H2,9,10). The van der Waals surface area contributed by atoms with Gasteiger partial charge in [-0.1, -0.05) is 0 Å². The van der Waals surface area contributed by atoms with E-state index >= 15 is 0 Å². The van der Waals surface area contributed by atoms with Crippen LogP contribution >= 0.6 is 0 Å². The Bertz CT molecular complexity index is 235. The average molecular weight is 140 g/mol. The summed E-state index contributed by atoms with van der Waals surface area (Å²) in [5.74, 6) is -0.411. The molecule has 2 nitrogen and oxygen atoms in total. The Kier molecular flexibility index (Phi) is 1.57. The smallest absolute Gasteiger partial charge is 0.167 e. The summed E-state index contributed by atoms with van der Waals surface area (Å²) in [6, 6.07) is 1.52. The highest BCUT2D eigenvalue weighted by atomic mass is 19.1. The first-order valence-corrected chi connectivity index (χ1v) is 3.00. The maximum absolute atomic E-state index is 12.7. The van der Waals surface area contributed by atoms with E-state index in [4.69, 9.17) is 5.73 Å². The van der Waals surface area contributed by atoms with Crippen LogP contribution in [0.1, 0.15) is 11.4 Å². The predicted molar refractivity (Wildman–Crippen MR) is 38.1 cm³/mol. The van der Waals surface area contributed by atoms with Crippen molar-refractivity contribution in [2.24, 2.45) is 0 Å². The molecule has 0 atom stereocenters. The monoisotopic (exact) mass is 140 g/mol. The molecule has 0 saturated carbocycles. The number of hydrogen-bond acceptors (Lipinski definition) is 2. The molecule has 1 heterocycles. The predicted octanol–water partition coefficient (Wildman–Crippen LogP) is 1.42. The van der Waals surface area contributed by atoms with E-state index in [2.05, 4.69) is 4.98 Å². The van der Waals surface area contributed by atoms with Crippen molar-refractivity contribution in [1.82, 2.24) is 4.98 Å². The van der Waals surface area contributed by atoms with Crippen LogP contribution in [0.25, 0.3) is 0 Å². The van der Waals surface area contributed by atoms with Crippen LogP contribution in [0, 0.1) is 19.7 Å². The number of aryl methyl sites for hydroxylation is 2. The minimum atomic E-state index is -0.411. The van der Waals surface area contributed by atoms with Gasteiger partial charge in [0.1, 0.15) is 0 Å². The van der Waals surface area contributed by atoms with Crippen molar-refractivity contribution >= 4 is 5.69 Å². The molecule has 2 N–H and O–H groups in total. The van der Waals surface area contributed by atoms with Crippen LogP contribution in [-0.2, 0) is 0 Å². The zero-order chi connectivity index (χ0) is 7.72. The van der Waals surface area contributed by atoms with E-state index in [9.17, 15) is 4.39 Å². The molecule has 1 rings (SSSR count). The maximum Gasteiger partial charge on any atom is 0.167 e. The molecule has 0 aliphatic rings. The molecule has 0 aliphatic heterocycles. The lowest BCUT2D eigenvalue weighted by atomic mass is 10.3. The van der Waals surface area contributed by atoms with Crippen LogP contribution in [0.2, 0.25) is 0 Å². The van der Waals surface area contributed by atoms with Crippen molar-refractivity contribution in [3.63, 3.8) is 0 Å². The van der Waals surface area contributed by atoms with Gasteiger partial charge in [0, 0.05) is 5.69 Å². The van der Waals surface area contributed by atoms with E-state index in [0.717, 1.165) is 5.69 Å². The van der Waals surface area contributed by atoms with E-state index in [1.165, 1.54) is 6.07 Å². The fourth-order valence-corrected chi connectivity index (χ4v) is 0.843. The summed E-state index contributed by atoms with van der Waals surface area (Å²) in [6.45, 7) is 3.38. The molecule has 1 aromatic heterocycles. The summed E-state index contributed by atoms with van der Waals surface area (Å²) < 4.78 is 12.7. The number of halogens is 1. The zero-order valence-corrected chi connectivity index (χ0v) is 5.98. The molecule has 0 bridgehead atoms. The van der Waals surface area contributed by atoms with Crippen LogP contribution in [0.15, 0.2) is 6.07 Å². The van der Waals surface area contributed by atoms with E-state index in [-0.39, 0.29) is 5.69 Å². The summed E-state index contributed by atoms with van der Waals surface area (Å²) in [5.41, 5.74) is 6.58. The Morgan fingerprint density at radius 1 is 1.50 bits per heavy atom. The molecular formula is C7H9FN2. The summed E-state index contributed by atoms with van der Waals surface area (Å²) in [5, 5.41) is 0. The normalized spacial score (nSPS) is 9.90. The van der Waals surface area contributed by atoms with Gasteiger partial charge in [0.15, 0.2) is 5.82 Å². The van der Waals surface area contributed by atoms with E-state index < -0.39 is 5.82 Å². The lowest BCUT2D eigenvalue weighted by Crippen LogP contribution is -1.97. The third kappa shape index (κ3) is 1.07. The Hall–Kier alpha value is -1.12. The summed E-state index contributed by atoms with van der Waals surface area (Å²) in [6.07, 6.45) is 0. The minimum absolute atomic E-state index is 0.171. The van der Waals surface area contributed by atoms with Gasteiger partial charge in [-0.2, -0.15) is 0 Å². The van der Waals surface area contributed by atoms with Gasteiger partial charge in [-0.15, -0.1) is 0 Å². The van der Waals surface area contributed by atoms with Crippen molar-refractivity contribution in [3.8, 4) is 0 Å². The Labute approximate surface area is 58.9 Å². The lowest BCUT2D eigenvalue weighted by Gasteiger charge is -2.00. The summed E-state index contributed by atoms with van der Waals surface area (Å²) in [7, 11) is 0. The molecule has 0 saturated heterocycles. The van der Waals surface area contributed by atoms with Crippen LogP contribution in [-0.4, -0.2) is 4.98 Å². The van der Waals surface area contributed by atoms with Crippen LogP contribution in [0.4, 0.5) is 10.1 Å². The Morgan fingerprint density at radius 2 is 2.10 bits per heavy atom. The van der Waals surface area contributed by atoms with Gasteiger partial charge in [-0.25, -0.2) is 4.39 Å². The molecule has 0 amide bonds. The number of nitrogens with zero attached hydrogens (tertiary/aromatic N) is 1. The van der Waals surface area contributed by atoms with E-state index in [1.807, 2.05) is 0 Å². The zero-order valence-electron chi connectivity index (χ0n) is 5.98. The van der Waals surface area contributed by atoms with Crippen LogP contribution < -0.4 is 5.73 Å². The lowest BCUT2D eigenvalue weighted by molar-refractivity contribution is 0.613. The van der Waals surface area contributed by atoms with Gasteiger partial charge in [0.05, 0.1) is 11.4 Å². The van der Waals surface area contributed by atoms with Gasteiger partial charge < -0.3 is 5.73 Å². The molecule has 0 fully saturated rings. The average Bonchev–Trinajstić information content (AvgIpc) is 1.82. The van der Waals surface area contributed by atoms with Gasteiger partial charge in [-0.3, -0.25) is 4.98 Å². The third-order valence-corrected chi connectivity index (χ3v) is 1.28. The van der Waals surface area contributed by atoms with E-state index in [0.29, 0.717) is 5.69 Å². The second-order valence-electron chi connectivity index (χ2n) is 2.25. The van der Waals surface area contributed by atoms with E-state index in [1.54, 1.807) is 13.8 Å². The molecule has 0 spiro atoms. The Morgan fingerprint density at radius 3 is 2.60 bits per heavy atom. The van der Waals surface area contributed by atoms with Gasteiger partial charge >= 0.3 is 0 Å². The number of anilines is 1. The summed E-state index contributed by atoms with van der Waals surface area (Å²) in [4.78, 5) is 3.88. The van der Waals surface area contributed by atoms with Crippen molar-refractivity contribution in [1.29, 1.82) is 0 Å². The fraction of sp³-hybridized carbons (Fsp3) is 0.286. The molecule has 3 heteroatoms. The van der Waals surface area contributed by atoms with Gasteiger partial charge in [0.25, 0.3) is 0 Å². The van der Waals surface area contributed by atoms with Crippen molar-refractivity contribution in [2.45, 2.75) is 13.8 Å². The van der Waals surface area contributed by atoms with Crippen molar-refractivity contribution in [2.75, 3.05) is 5.73 Å². The number of nitrogen functional groups attached to an aromatic ring is 1.